The topological polar surface area (TPSA) is 75.4 Å². The van der Waals surface area contributed by atoms with Crippen molar-refractivity contribution in [2.75, 3.05) is 41.8 Å². The van der Waals surface area contributed by atoms with Gasteiger partial charge in [-0.15, -0.1) is 0 Å². The van der Waals surface area contributed by atoms with Gasteiger partial charge in [0.05, 0.1) is 13.2 Å². The van der Waals surface area contributed by atoms with Crippen LogP contribution < -0.4 is 21.3 Å². The molecule has 1 saturated heterocycles. The van der Waals surface area contributed by atoms with Gasteiger partial charge < -0.3 is 26.0 Å². The number of rotatable bonds is 7. The molecule has 2 heterocycles. The predicted octanol–water partition coefficient (Wildman–Crippen LogP) is 4.20. The predicted molar refractivity (Wildman–Crippen MR) is 124 cm³/mol. The smallest absolute Gasteiger partial charge is 0.132 e. The van der Waals surface area contributed by atoms with Crippen LogP contribution in [0.3, 0.4) is 0 Å². The van der Waals surface area contributed by atoms with E-state index in [0.29, 0.717) is 12.2 Å². The second kappa shape index (κ2) is 9.33. The van der Waals surface area contributed by atoms with Gasteiger partial charge in [-0.25, -0.2) is 4.98 Å². The Labute approximate surface area is 177 Å². The van der Waals surface area contributed by atoms with E-state index < -0.39 is 0 Å². The van der Waals surface area contributed by atoms with Gasteiger partial charge in [-0.2, -0.15) is 0 Å². The molecule has 30 heavy (non-hydrogen) atoms. The molecular formula is C24H27N5O. The lowest BCUT2D eigenvalue weighted by atomic mass is 10.1. The summed E-state index contributed by atoms with van der Waals surface area (Å²) in [5.41, 5.74) is 11.5. The highest BCUT2D eigenvalue weighted by Gasteiger charge is 2.11. The van der Waals surface area contributed by atoms with Crippen LogP contribution in [-0.2, 0) is 11.3 Å². The fourth-order valence-electron chi connectivity index (χ4n) is 3.44. The van der Waals surface area contributed by atoms with Crippen LogP contribution in [0.5, 0.6) is 0 Å². The summed E-state index contributed by atoms with van der Waals surface area (Å²) in [6.45, 7) is 7.98. The van der Waals surface area contributed by atoms with E-state index in [0.717, 1.165) is 49.1 Å². The van der Waals surface area contributed by atoms with Crippen molar-refractivity contribution < 1.29 is 4.74 Å². The van der Waals surface area contributed by atoms with Crippen LogP contribution in [-0.4, -0.2) is 31.3 Å². The highest BCUT2D eigenvalue weighted by Crippen LogP contribution is 2.26. The molecule has 1 aliphatic heterocycles. The highest BCUT2D eigenvalue weighted by molar-refractivity contribution is 5.75. The Balaban J connectivity index is 1.47. The third kappa shape index (κ3) is 4.90. The molecule has 0 amide bonds. The number of benzene rings is 2. The highest BCUT2D eigenvalue weighted by atomic mass is 16.5. The first-order chi connectivity index (χ1) is 14.7. The molecule has 2 aromatic carbocycles. The number of aromatic nitrogens is 1. The standard InChI is InChI=1S/C24H27N5O/c1-18(25)22-17-27-24(15-23(22)26-16-19-5-3-2-4-6-19)28-20-7-9-21(10-8-20)29-11-13-30-14-12-29/h2-10,15,17H,1,11-14,16,25H2,(H2,26,27,28). The first kappa shape index (κ1) is 19.8. The van der Waals surface area contributed by atoms with Crippen LogP contribution in [0.25, 0.3) is 5.70 Å². The van der Waals surface area contributed by atoms with Gasteiger partial charge in [0.15, 0.2) is 0 Å². The molecule has 0 bridgehead atoms. The first-order valence-electron chi connectivity index (χ1n) is 10.1. The summed E-state index contributed by atoms with van der Waals surface area (Å²) in [6.07, 6.45) is 1.75. The van der Waals surface area contributed by atoms with Gasteiger partial charge in [-0.1, -0.05) is 36.9 Å². The lowest BCUT2D eigenvalue weighted by molar-refractivity contribution is 0.122. The molecule has 1 aromatic heterocycles. The molecule has 4 N–H and O–H groups in total. The summed E-state index contributed by atoms with van der Waals surface area (Å²) < 4.78 is 5.43. The third-order valence-electron chi connectivity index (χ3n) is 5.09. The minimum atomic E-state index is 0.486. The number of hydrogen-bond acceptors (Lipinski definition) is 6. The second-order valence-electron chi connectivity index (χ2n) is 7.25. The molecule has 0 unspecified atom stereocenters. The molecule has 6 heteroatoms. The Hall–Kier alpha value is -3.51. The van der Waals surface area contributed by atoms with Crippen molar-refractivity contribution in [2.45, 2.75) is 6.54 Å². The monoisotopic (exact) mass is 401 g/mol. The molecule has 0 radical (unpaired) electrons. The zero-order chi connectivity index (χ0) is 20.8. The lowest BCUT2D eigenvalue weighted by Gasteiger charge is -2.28. The number of anilines is 4. The van der Waals surface area contributed by atoms with Crippen LogP contribution in [0.4, 0.5) is 22.9 Å². The van der Waals surface area contributed by atoms with Gasteiger partial charge in [0.1, 0.15) is 5.82 Å². The van der Waals surface area contributed by atoms with Crippen molar-refractivity contribution >= 4 is 28.6 Å². The SMILES string of the molecule is C=C(N)c1cnc(Nc2ccc(N3CCOCC3)cc2)cc1NCc1ccccc1. The molecule has 3 aromatic rings. The molecular weight excluding hydrogens is 374 g/mol. The third-order valence-corrected chi connectivity index (χ3v) is 5.09. The molecule has 1 fully saturated rings. The number of nitrogens with two attached hydrogens (primary N) is 1. The molecule has 0 saturated carbocycles. The Morgan fingerprint density at radius 2 is 1.80 bits per heavy atom. The Morgan fingerprint density at radius 1 is 1.07 bits per heavy atom. The lowest BCUT2D eigenvalue weighted by Crippen LogP contribution is -2.36. The fraction of sp³-hybridized carbons (Fsp3) is 0.208. The van der Waals surface area contributed by atoms with Gasteiger partial charge in [-0.05, 0) is 29.8 Å². The van der Waals surface area contributed by atoms with E-state index >= 15 is 0 Å². The minimum Gasteiger partial charge on any atom is -0.399 e. The average Bonchev–Trinajstić information content (AvgIpc) is 2.79. The van der Waals surface area contributed by atoms with Crippen LogP contribution in [0.1, 0.15) is 11.1 Å². The molecule has 1 aliphatic rings. The largest absolute Gasteiger partial charge is 0.399 e. The minimum absolute atomic E-state index is 0.486. The zero-order valence-corrected chi connectivity index (χ0v) is 17.0. The van der Waals surface area contributed by atoms with Crippen LogP contribution in [0.15, 0.2) is 73.4 Å². The molecule has 154 valence electrons. The van der Waals surface area contributed by atoms with Crippen molar-refractivity contribution in [3.63, 3.8) is 0 Å². The number of pyridine rings is 1. The summed E-state index contributed by atoms with van der Waals surface area (Å²) in [5.74, 6) is 0.745. The average molecular weight is 402 g/mol. The van der Waals surface area contributed by atoms with Crippen LogP contribution in [0, 0.1) is 0 Å². The maximum Gasteiger partial charge on any atom is 0.132 e. The van der Waals surface area contributed by atoms with E-state index in [-0.39, 0.29) is 0 Å². The summed E-state index contributed by atoms with van der Waals surface area (Å²) in [7, 11) is 0. The Bertz CT molecular complexity index is 982. The molecule has 0 atom stereocenters. The van der Waals surface area contributed by atoms with Crippen molar-refractivity contribution in [2.24, 2.45) is 5.73 Å². The summed E-state index contributed by atoms with van der Waals surface area (Å²) in [6, 6.07) is 20.6. The van der Waals surface area contributed by atoms with Gasteiger partial charge in [0.2, 0.25) is 0 Å². The van der Waals surface area contributed by atoms with Crippen molar-refractivity contribution in [3.8, 4) is 0 Å². The van der Waals surface area contributed by atoms with E-state index in [1.165, 1.54) is 11.3 Å². The number of ether oxygens (including phenoxy) is 1. The van der Waals surface area contributed by atoms with E-state index in [9.17, 15) is 0 Å². The fourth-order valence-corrected chi connectivity index (χ4v) is 3.44. The molecule has 6 nitrogen and oxygen atoms in total. The Kier molecular flexibility index (Phi) is 6.15. The molecule has 0 aliphatic carbocycles. The number of morpholine rings is 1. The van der Waals surface area contributed by atoms with Crippen LogP contribution >= 0.6 is 0 Å². The summed E-state index contributed by atoms with van der Waals surface area (Å²) >= 11 is 0. The second-order valence-corrected chi connectivity index (χ2v) is 7.25. The number of hydrogen-bond donors (Lipinski definition) is 3. The molecule has 0 spiro atoms. The Morgan fingerprint density at radius 3 is 2.50 bits per heavy atom. The van der Waals surface area contributed by atoms with Crippen molar-refractivity contribution in [3.05, 3.63) is 84.6 Å². The molecule has 4 rings (SSSR count). The normalized spacial score (nSPS) is 13.7. The van der Waals surface area contributed by atoms with E-state index in [1.807, 2.05) is 24.3 Å². The van der Waals surface area contributed by atoms with Gasteiger partial charge >= 0.3 is 0 Å². The maximum atomic E-state index is 5.97. The first-order valence-corrected chi connectivity index (χ1v) is 10.1. The maximum absolute atomic E-state index is 5.97. The quantitative estimate of drug-likeness (QED) is 0.551. The summed E-state index contributed by atoms with van der Waals surface area (Å²) in [5, 5.41) is 6.82. The van der Waals surface area contributed by atoms with E-state index in [4.69, 9.17) is 10.5 Å². The van der Waals surface area contributed by atoms with E-state index in [2.05, 4.69) is 63.5 Å². The van der Waals surface area contributed by atoms with Gasteiger partial charge in [0, 0.05) is 60.2 Å². The van der Waals surface area contributed by atoms with Crippen molar-refractivity contribution in [1.82, 2.24) is 4.98 Å². The number of nitrogens with one attached hydrogen (secondary N) is 2. The summed E-state index contributed by atoms with van der Waals surface area (Å²) in [4.78, 5) is 6.84. The van der Waals surface area contributed by atoms with Crippen molar-refractivity contribution in [1.29, 1.82) is 0 Å². The van der Waals surface area contributed by atoms with Crippen LogP contribution in [0.2, 0.25) is 0 Å². The zero-order valence-electron chi connectivity index (χ0n) is 17.0. The van der Waals surface area contributed by atoms with E-state index in [1.54, 1.807) is 6.20 Å². The van der Waals surface area contributed by atoms with Gasteiger partial charge in [-0.3, -0.25) is 0 Å². The van der Waals surface area contributed by atoms with Gasteiger partial charge in [0.25, 0.3) is 0 Å². The number of nitrogens with zero attached hydrogens (tertiary/aromatic N) is 2.